The van der Waals surface area contributed by atoms with Crippen molar-refractivity contribution in [3.05, 3.63) is 18.2 Å². The first-order chi connectivity index (χ1) is 11.8. The van der Waals surface area contributed by atoms with Crippen molar-refractivity contribution in [1.82, 2.24) is 9.62 Å². The molecule has 0 bridgehead atoms. The Morgan fingerprint density at radius 2 is 2.00 bits per heavy atom. The lowest BCUT2D eigenvalue weighted by atomic mass is 10.3. The number of likely N-dealkylation sites (N-methyl/N-ethyl adjacent to an activating group) is 1. The molecule has 0 fully saturated rings. The fourth-order valence-electron chi connectivity index (χ4n) is 2.38. The van der Waals surface area contributed by atoms with Gasteiger partial charge < -0.3 is 19.5 Å². The van der Waals surface area contributed by atoms with Gasteiger partial charge in [-0.1, -0.05) is 0 Å². The Labute approximate surface area is 148 Å². The summed E-state index contributed by atoms with van der Waals surface area (Å²) in [5, 5.41) is 2.68. The van der Waals surface area contributed by atoms with Gasteiger partial charge in [0, 0.05) is 32.7 Å². The highest BCUT2D eigenvalue weighted by Crippen LogP contribution is 2.32. The Kier molecular flexibility index (Phi) is 6.63. The van der Waals surface area contributed by atoms with Gasteiger partial charge in [0.2, 0.25) is 15.9 Å². The standard InChI is InChI=1S/C16H24N2O6S/c1-12(11-22-3)17-16(19)10-18(2)25(20,21)13-5-6-14-15(9-13)24-8-4-7-23-14/h5-6,9,12H,4,7-8,10-11H2,1-3H3,(H,17,19). The first-order valence-electron chi connectivity index (χ1n) is 7.99. The van der Waals surface area contributed by atoms with E-state index >= 15 is 0 Å². The predicted octanol–water partition coefficient (Wildman–Crippen LogP) is 0.620. The molecule has 2 rings (SSSR count). The number of carbonyl (C=O) groups excluding carboxylic acids is 1. The van der Waals surface area contributed by atoms with E-state index < -0.39 is 15.9 Å². The third-order valence-electron chi connectivity index (χ3n) is 3.62. The molecule has 0 saturated carbocycles. The summed E-state index contributed by atoms with van der Waals surface area (Å²) < 4.78 is 42.3. The van der Waals surface area contributed by atoms with Crippen molar-refractivity contribution in [2.75, 3.05) is 40.5 Å². The zero-order valence-electron chi connectivity index (χ0n) is 14.6. The minimum absolute atomic E-state index is 0.0528. The lowest BCUT2D eigenvalue weighted by Gasteiger charge is -2.19. The number of nitrogens with zero attached hydrogens (tertiary/aromatic N) is 1. The van der Waals surface area contributed by atoms with Gasteiger partial charge in [0.05, 0.1) is 31.3 Å². The summed E-state index contributed by atoms with van der Waals surface area (Å²) in [4.78, 5) is 12.0. The molecule has 1 unspecified atom stereocenters. The summed E-state index contributed by atoms with van der Waals surface area (Å²) in [5.41, 5.74) is 0. The summed E-state index contributed by atoms with van der Waals surface area (Å²) in [7, 11) is -0.931. The second-order valence-corrected chi connectivity index (χ2v) is 7.89. The molecule has 1 amide bonds. The fourth-order valence-corrected chi connectivity index (χ4v) is 3.53. The largest absolute Gasteiger partial charge is 0.490 e. The molecule has 25 heavy (non-hydrogen) atoms. The van der Waals surface area contributed by atoms with Crippen LogP contribution in [0.1, 0.15) is 13.3 Å². The van der Waals surface area contributed by atoms with Crippen molar-refractivity contribution in [2.45, 2.75) is 24.3 Å². The molecule has 0 saturated heterocycles. The van der Waals surface area contributed by atoms with E-state index in [1.807, 2.05) is 0 Å². The maximum atomic E-state index is 12.7. The van der Waals surface area contributed by atoms with Crippen LogP contribution in [0.25, 0.3) is 0 Å². The van der Waals surface area contributed by atoms with E-state index in [1.54, 1.807) is 13.0 Å². The van der Waals surface area contributed by atoms with E-state index in [0.717, 1.165) is 10.7 Å². The van der Waals surface area contributed by atoms with Crippen molar-refractivity contribution >= 4 is 15.9 Å². The summed E-state index contributed by atoms with van der Waals surface area (Å²) in [6, 6.07) is 4.25. The molecule has 8 nitrogen and oxygen atoms in total. The summed E-state index contributed by atoms with van der Waals surface area (Å²) in [6.45, 7) is 2.83. The molecule has 9 heteroatoms. The van der Waals surface area contributed by atoms with Gasteiger partial charge in [0.25, 0.3) is 0 Å². The summed E-state index contributed by atoms with van der Waals surface area (Å²) in [5.74, 6) is 0.514. The average Bonchev–Trinajstić information content (AvgIpc) is 2.79. The van der Waals surface area contributed by atoms with Crippen LogP contribution in [0.3, 0.4) is 0 Å². The smallest absolute Gasteiger partial charge is 0.243 e. The molecule has 1 aliphatic heterocycles. The monoisotopic (exact) mass is 372 g/mol. The van der Waals surface area contributed by atoms with Crippen LogP contribution >= 0.6 is 0 Å². The average molecular weight is 372 g/mol. The molecular weight excluding hydrogens is 348 g/mol. The first kappa shape index (κ1) is 19.5. The zero-order valence-corrected chi connectivity index (χ0v) is 15.5. The lowest BCUT2D eigenvalue weighted by Crippen LogP contribution is -2.43. The molecule has 0 aliphatic carbocycles. The predicted molar refractivity (Wildman–Crippen MR) is 91.3 cm³/mol. The molecule has 0 radical (unpaired) electrons. The van der Waals surface area contributed by atoms with Gasteiger partial charge in [0.15, 0.2) is 11.5 Å². The minimum atomic E-state index is -3.82. The lowest BCUT2D eigenvalue weighted by molar-refractivity contribution is -0.122. The fraction of sp³-hybridized carbons (Fsp3) is 0.562. The Balaban J connectivity index is 2.09. The number of rotatable bonds is 7. The van der Waals surface area contributed by atoms with Gasteiger partial charge in [-0.25, -0.2) is 8.42 Å². The van der Waals surface area contributed by atoms with E-state index in [9.17, 15) is 13.2 Å². The molecule has 1 aromatic rings. The zero-order chi connectivity index (χ0) is 18.4. The number of nitrogens with one attached hydrogen (secondary N) is 1. The van der Waals surface area contributed by atoms with Crippen LogP contribution in [0.2, 0.25) is 0 Å². The number of methoxy groups -OCH3 is 1. The maximum Gasteiger partial charge on any atom is 0.243 e. The van der Waals surface area contributed by atoms with Crippen LogP contribution in [0.15, 0.2) is 23.1 Å². The van der Waals surface area contributed by atoms with Crippen LogP contribution in [0.5, 0.6) is 11.5 Å². The van der Waals surface area contributed by atoms with E-state index in [2.05, 4.69) is 5.32 Å². The SMILES string of the molecule is COCC(C)NC(=O)CN(C)S(=O)(=O)c1ccc2c(c1)OCCCO2. The quantitative estimate of drug-likeness (QED) is 0.754. The Hall–Kier alpha value is -1.84. The number of hydrogen-bond acceptors (Lipinski definition) is 6. The first-order valence-corrected chi connectivity index (χ1v) is 9.43. The number of sulfonamides is 1. The minimum Gasteiger partial charge on any atom is -0.490 e. The molecule has 0 spiro atoms. The Morgan fingerprint density at radius 1 is 1.32 bits per heavy atom. The van der Waals surface area contributed by atoms with Crippen molar-refractivity contribution in [1.29, 1.82) is 0 Å². The van der Waals surface area contributed by atoms with Crippen LogP contribution in [-0.4, -0.2) is 65.2 Å². The van der Waals surface area contributed by atoms with Gasteiger partial charge in [-0.15, -0.1) is 0 Å². The van der Waals surface area contributed by atoms with Crippen molar-refractivity contribution in [3.8, 4) is 11.5 Å². The third-order valence-corrected chi connectivity index (χ3v) is 5.42. The number of ether oxygens (including phenoxy) is 3. The van der Waals surface area contributed by atoms with Gasteiger partial charge in [-0.05, 0) is 19.1 Å². The van der Waals surface area contributed by atoms with E-state index in [-0.39, 0.29) is 17.5 Å². The van der Waals surface area contributed by atoms with E-state index in [0.29, 0.717) is 31.3 Å². The number of hydrogen-bond donors (Lipinski definition) is 1. The van der Waals surface area contributed by atoms with Gasteiger partial charge in [-0.2, -0.15) is 4.31 Å². The van der Waals surface area contributed by atoms with Gasteiger partial charge in [-0.3, -0.25) is 4.79 Å². The van der Waals surface area contributed by atoms with Crippen molar-refractivity contribution in [3.63, 3.8) is 0 Å². The molecule has 1 atom stereocenters. The second-order valence-electron chi connectivity index (χ2n) is 5.84. The van der Waals surface area contributed by atoms with Crippen molar-refractivity contribution in [2.24, 2.45) is 0 Å². The van der Waals surface area contributed by atoms with Gasteiger partial charge in [0.1, 0.15) is 0 Å². The molecule has 1 aromatic carbocycles. The van der Waals surface area contributed by atoms with Crippen LogP contribution < -0.4 is 14.8 Å². The molecule has 1 N–H and O–H groups in total. The number of carbonyl (C=O) groups is 1. The molecule has 140 valence electrons. The number of fused-ring (bicyclic) bond motifs is 1. The second kappa shape index (κ2) is 8.50. The highest BCUT2D eigenvalue weighted by molar-refractivity contribution is 7.89. The van der Waals surface area contributed by atoms with E-state index in [4.69, 9.17) is 14.2 Å². The number of amides is 1. The summed E-state index contributed by atoms with van der Waals surface area (Å²) in [6.07, 6.45) is 0.733. The Morgan fingerprint density at radius 3 is 2.68 bits per heavy atom. The maximum absolute atomic E-state index is 12.7. The van der Waals surface area contributed by atoms with E-state index in [1.165, 1.54) is 26.3 Å². The molecule has 0 aromatic heterocycles. The van der Waals surface area contributed by atoms with Gasteiger partial charge >= 0.3 is 0 Å². The van der Waals surface area contributed by atoms with Crippen molar-refractivity contribution < 1.29 is 27.4 Å². The third kappa shape index (κ3) is 5.07. The van der Waals surface area contributed by atoms with Crippen LogP contribution in [-0.2, 0) is 19.6 Å². The highest BCUT2D eigenvalue weighted by atomic mass is 32.2. The topological polar surface area (TPSA) is 94.2 Å². The van der Waals surface area contributed by atoms with Crippen LogP contribution in [0, 0.1) is 0 Å². The van der Waals surface area contributed by atoms with Crippen LogP contribution in [0.4, 0.5) is 0 Å². The molecule has 1 heterocycles. The Bertz CT molecular complexity index is 707. The normalized spacial score (nSPS) is 15.5. The molecular formula is C16H24N2O6S. The molecule has 1 aliphatic rings. The highest BCUT2D eigenvalue weighted by Gasteiger charge is 2.25. The summed E-state index contributed by atoms with van der Waals surface area (Å²) >= 11 is 0. The number of benzene rings is 1.